The van der Waals surface area contributed by atoms with Gasteiger partial charge >= 0.3 is 12.1 Å². The van der Waals surface area contributed by atoms with Crippen LogP contribution in [-0.4, -0.2) is 29.8 Å². The summed E-state index contributed by atoms with van der Waals surface area (Å²) in [4.78, 5) is 24.7. The Balaban J connectivity index is 1.43. The minimum atomic E-state index is -1.12. The largest absolute Gasteiger partial charge is 0.480 e. The number of carboxylic acids is 1. The normalized spacial score (nSPS) is 13.2. The van der Waals surface area contributed by atoms with Crippen LogP contribution in [0.1, 0.15) is 22.6 Å². The number of carbonyl (C=O) groups excluding carboxylic acids is 1. The molecule has 0 heterocycles. The second-order valence-electron chi connectivity index (χ2n) is 7.23. The summed E-state index contributed by atoms with van der Waals surface area (Å²) < 4.78 is 5.45. The lowest BCUT2D eigenvalue weighted by Crippen LogP contribution is -2.42. The molecule has 1 atom stereocenters. The van der Waals surface area contributed by atoms with Crippen LogP contribution < -0.4 is 5.32 Å². The topological polar surface area (TPSA) is 75.6 Å². The zero-order valence-corrected chi connectivity index (χ0v) is 17.0. The maximum absolute atomic E-state index is 12.4. The molecule has 6 heteroatoms. The van der Waals surface area contributed by atoms with Crippen LogP contribution in [0.25, 0.3) is 11.1 Å². The van der Waals surface area contributed by atoms with E-state index >= 15 is 0 Å². The van der Waals surface area contributed by atoms with Gasteiger partial charge in [0.15, 0.2) is 0 Å². The maximum atomic E-state index is 12.4. The highest BCUT2D eigenvalue weighted by Crippen LogP contribution is 2.44. The van der Waals surface area contributed by atoms with E-state index in [2.05, 4.69) is 30.1 Å². The molecule has 1 aliphatic rings. The highest BCUT2D eigenvalue weighted by Gasteiger charge is 2.29. The average molecular weight is 420 g/mol. The molecule has 5 nitrogen and oxygen atoms in total. The first-order valence-corrected chi connectivity index (χ1v) is 10.1. The minimum Gasteiger partial charge on any atom is -0.480 e. The van der Waals surface area contributed by atoms with Crippen LogP contribution in [0, 0.1) is 0 Å². The van der Waals surface area contributed by atoms with Gasteiger partial charge in [-0.3, -0.25) is 0 Å². The quantitative estimate of drug-likeness (QED) is 0.514. The maximum Gasteiger partial charge on any atom is 0.407 e. The zero-order chi connectivity index (χ0) is 21.1. The van der Waals surface area contributed by atoms with Crippen molar-refractivity contribution < 1.29 is 19.4 Å². The van der Waals surface area contributed by atoms with Crippen LogP contribution in [0.15, 0.2) is 77.7 Å². The number of carbonyl (C=O) groups is 2. The number of fused-ring (bicyclic) bond motifs is 3. The van der Waals surface area contributed by atoms with E-state index in [1.807, 2.05) is 36.4 Å². The molecular weight excluding hydrogens is 398 g/mol. The van der Waals surface area contributed by atoms with Crippen molar-refractivity contribution in [3.63, 3.8) is 0 Å². The molecule has 0 fully saturated rings. The summed E-state index contributed by atoms with van der Waals surface area (Å²) in [7, 11) is 0. The van der Waals surface area contributed by atoms with E-state index in [1.54, 1.807) is 24.3 Å². The van der Waals surface area contributed by atoms with Gasteiger partial charge in [-0.15, -0.1) is 12.6 Å². The van der Waals surface area contributed by atoms with Crippen molar-refractivity contribution in [2.24, 2.45) is 0 Å². The van der Waals surface area contributed by atoms with Gasteiger partial charge in [-0.05, 0) is 39.9 Å². The summed E-state index contributed by atoms with van der Waals surface area (Å²) >= 11 is 4.27. The third-order valence-corrected chi connectivity index (χ3v) is 5.56. The van der Waals surface area contributed by atoms with E-state index < -0.39 is 18.1 Å². The lowest BCUT2D eigenvalue weighted by atomic mass is 9.98. The molecular formula is C24H21NO4S. The van der Waals surface area contributed by atoms with E-state index in [1.165, 1.54) is 0 Å². The number of hydrogen-bond donors (Lipinski definition) is 3. The number of nitrogens with one attached hydrogen (secondary N) is 1. The molecule has 0 bridgehead atoms. The summed E-state index contributed by atoms with van der Waals surface area (Å²) in [6.07, 6.45) is -0.597. The van der Waals surface area contributed by atoms with Crippen LogP contribution in [0.2, 0.25) is 0 Å². The third kappa shape index (κ3) is 4.19. The van der Waals surface area contributed by atoms with E-state index in [9.17, 15) is 14.7 Å². The lowest BCUT2D eigenvalue weighted by Gasteiger charge is -2.17. The molecule has 0 spiro atoms. The van der Waals surface area contributed by atoms with Crippen LogP contribution in [0.4, 0.5) is 4.79 Å². The number of ether oxygens (including phenoxy) is 1. The molecule has 0 aliphatic heterocycles. The monoisotopic (exact) mass is 419 g/mol. The van der Waals surface area contributed by atoms with E-state index in [-0.39, 0.29) is 18.9 Å². The Morgan fingerprint density at radius 1 is 0.967 bits per heavy atom. The summed E-state index contributed by atoms with van der Waals surface area (Å²) in [5, 5.41) is 12.0. The van der Waals surface area contributed by atoms with Gasteiger partial charge in [0.1, 0.15) is 12.6 Å². The molecule has 2 N–H and O–H groups in total. The predicted molar refractivity (Wildman–Crippen MR) is 117 cm³/mol. The first kappa shape index (κ1) is 20.0. The highest BCUT2D eigenvalue weighted by molar-refractivity contribution is 7.80. The molecule has 1 aliphatic carbocycles. The molecule has 0 saturated heterocycles. The highest BCUT2D eigenvalue weighted by atomic mass is 32.1. The minimum absolute atomic E-state index is 0.0766. The Morgan fingerprint density at radius 3 is 2.20 bits per heavy atom. The Bertz CT molecular complexity index is 1050. The Kier molecular flexibility index (Phi) is 5.77. The van der Waals surface area contributed by atoms with Gasteiger partial charge in [0, 0.05) is 17.2 Å². The standard InChI is InChI=1S/C24H21NO4S/c26-23(27)22(13-15-6-5-7-16(30)12-15)25-24(28)29-14-21-19-10-3-1-8-17(19)18-9-2-4-11-20(18)21/h1-12,21-22,30H,13-14H2,(H,25,28)(H,26,27). The van der Waals surface area contributed by atoms with Crippen molar-refractivity contribution in [3.05, 3.63) is 89.5 Å². The van der Waals surface area contributed by atoms with Crippen molar-refractivity contribution in [2.45, 2.75) is 23.3 Å². The number of hydrogen-bond acceptors (Lipinski definition) is 4. The number of alkyl carbamates (subject to hydrolysis) is 1. The number of carboxylic acid groups (broad SMARTS) is 1. The second-order valence-corrected chi connectivity index (χ2v) is 7.75. The third-order valence-electron chi connectivity index (χ3n) is 5.28. The van der Waals surface area contributed by atoms with Crippen LogP contribution >= 0.6 is 12.6 Å². The summed E-state index contributed by atoms with van der Waals surface area (Å²) in [5.74, 6) is -1.19. The van der Waals surface area contributed by atoms with Crippen LogP contribution in [0.5, 0.6) is 0 Å². The van der Waals surface area contributed by atoms with Crippen molar-refractivity contribution in [1.29, 1.82) is 0 Å². The number of amides is 1. The lowest BCUT2D eigenvalue weighted by molar-refractivity contribution is -0.139. The zero-order valence-electron chi connectivity index (χ0n) is 16.1. The number of rotatable bonds is 6. The summed E-state index contributed by atoms with van der Waals surface area (Å²) in [6, 6.07) is 22.2. The van der Waals surface area contributed by atoms with Gasteiger partial charge in [0.25, 0.3) is 0 Å². The Labute approximate surface area is 180 Å². The molecule has 3 aromatic carbocycles. The number of thiol groups is 1. The predicted octanol–water partition coefficient (Wildman–Crippen LogP) is 4.51. The van der Waals surface area contributed by atoms with Gasteiger partial charge in [0.05, 0.1) is 0 Å². The van der Waals surface area contributed by atoms with Crippen LogP contribution in [0.3, 0.4) is 0 Å². The second kappa shape index (κ2) is 8.63. The SMILES string of the molecule is O=C(NC(Cc1cccc(S)c1)C(=O)O)OCC1c2ccccc2-c2ccccc21. The molecule has 1 unspecified atom stereocenters. The van der Waals surface area contributed by atoms with Crippen molar-refractivity contribution in [2.75, 3.05) is 6.61 Å². The van der Waals surface area contributed by atoms with E-state index in [4.69, 9.17) is 4.74 Å². The van der Waals surface area contributed by atoms with Gasteiger partial charge in [-0.25, -0.2) is 9.59 Å². The van der Waals surface area contributed by atoms with Crippen LogP contribution in [-0.2, 0) is 16.0 Å². The number of benzene rings is 3. The van der Waals surface area contributed by atoms with E-state index in [0.29, 0.717) is 0 Å². The van der Waals surface area contributed by atoms with Crippen molar-refractivity contribution >= 4 is 24.7 Å². The molecule has 0 radical (unpaired) electrons. The molecule has 3 aromatic rings. The molecule has 1 amide bonds. The fourth-order valence-electron chi connectivity index (χ4n) is 3.90. The smallest absolute Gasteiger partial charge is 0.407 e. The van der Waals surface area contributed by atoms with Gasteiger partial charge < -0.3 is 15.2 Å². The van der Waals surface area contributed by atoms with Gasteiger partial charge in [0.2, 0.25) is 0 Å². The fourth-order valence-corrected chi connectivity index (χ4v) is 4.15. The van der Waals surface area contributed by atoms with Gasteiger partial charge in [-0.1, -0.05) is 60.7 Å². The Hall–Kier alpha value is -3.25. The molecule has 152 valence electrons. The van der Waals surface area contributed by atoms with Crippen molar-refractivity contribution in [3.8, 4) is 11.1 Å². The first-order chi connectivity index (χ1) is 14.5. The first-order valence-electron chi connectivity index (χ1n) is 9.65. The molecule has 0 aromatic heterocycles. The van der Waals surface area contributed by atoms with Crippen molar-refractivity contribution in [1.82, 2.24) is 5.32 Å². The fraction of sp³-hybridized carbons (Fsp3) is 0.167. The Morgan fingerprint density at radius 2 is 1.60 bits per heavy atom. The summed E-state index contributed by atoms with van der Waals surface area (Å²) in [5.41, 5.74) is 5.25. The average Bonchev–Trinajstić information content (AvgIpc) is 3.06. The molecule has 4 rings (SSSR count). The van der Waals surface area contributed by atoms with Gasteiger partial charge in [-0.2, -0.15) is 0 Å². The molecule has 0 saturated carbocycles. The summed E-state index contributed by atoms with van der Waals surface area (Å²) in [6.45, 7) is 0.137. The van der Waals surface area contributed by atoms with E-state index in [0.717, 1.165) is 32.7 Å². The number of aliphatic carboxylic acids is 1. The molecule has 30 heavy (non-hydrogen) atoms.